The van der Waals surface area contributed by atoms with Crippen LogP contribution in [0.15, 0.2) is 30.3 Å². The molecule has 0 aliphatic carbocycles. The number of hydrogen-bond acceptors (Lipinski definition) is 2. The Hall–Kier alpha value is -0.860. The van der Waals surface area contributed by atoms with Crippen molar-refractivity contribution >= 4 is 0 Å². The molecule has 0 saturated carbocycles. The highest BCUT2D eigenvalue weighted by Crippen LogP contribution is 2.24. The third kappa shape index (κ3) is 3.83. The second kappa shape index (κ2) is 6.18. The Balaban J connectivity index is 1.78. The van der Waals surface area contributed by atoms with Crippen molar-refractivity contribution in [1.29, 1.82) is 0 Å². The van der Waals surface area contributed by atoms with E-state index in [1.807, 2.05) is 0 Å². The third-order valence-corrected chi connectivity index (χ3v) is 3.67. The normalized spacial score (nSPS) is 22.8. The van der Waals surface area contributed by atoms with Crippen LogP contribution in [0, 0.1) is 11.8 Å². The van der Waals surface area contributed by atoms with Crippen molar-refractivity contribution in [1.82, 2.24) is 4.90 Å². The number of benzene rings is 1. The third-order valence-electron chi connectivity index (χ3n) is 3.67. The molecular formula is C15H23NO. The van der Waals surface area contributed by atoms with E-state index < -0.39 is 0 Å². The van der Waals surface area contributed by atoms with Gasteiger partial charge in [0, 0.05) is 19.7 Å². The van der Waals surface area contributed by atoms with Crippen LogP contribution in [-0.2, 0) is 6.54 Å². The Labute approximate surface area is 104 Å². The Morgan fingerprint density at radius 2 is 2.12 bits per heavy atom. The lowest BCUT2D eigenvalue weighted by molar-refractivity contribution is 0.210. The fourth-order valence-corrected chi connectivity index (χ4v) is 2.73. The first kappa shape index (κ1) is 12.6. The Kier molecular flexibility index (Phi) is 4.57. The topological polar surface area (TPSA) is 23.5 Å². The lowest BCUT2D eigenvalue weighted by atomic mass is 9.96. The number of hydrogen-bond donors (Lipinski definition) is 1. The molecule has 1 aliphatic rings. The van der Waals surface area contributed by atoms with Gasteiger partial charge in [-0.25, -0.2) is 0 Å². The smallest absolute Gasteiger partial charge is 0.0456 e. The minimum Gasteiger partial charge on any atom is -0.396 e. The fraction of sp³-hybridized carbons (Fsp3) is 0.600. The van der Waals surface area contributed by atoms with Crippen LogP contribution < -0.4 is 0 Å². The molecule has 1 N–H and O–H groups in total. The average Bonchev–Trinajstić information content (AvgIpc) is 2.77. The number of rotatable bonds is 5. The van der Waals surface area contributed by atoms with Crippen molar-refractivity contribution in [2.45, 2.75) is 26.3 Å². The van der Waals surface area contributed by atoms with Crippen molar-refractivity contribution in [3.8, 4) is 0 Å². The van der Waals surface area contributed by atoms with Crippen molar-refractivity contribution in [2.24, 2.45) is 11.8 Å². The summed E-state index contributed by atoms with van der Waals surface area (Å²) in [7, 11) is 0. The highest BCUT2D eigenvalue weighted by Gasteiger charge is 2.23. The molecule has 2 heteroatoms. The van der Waals surface area contributed by atoms with Crippen molar-refractivity contribution < 1.29 is 5.11 Å². The van der Waals surface area contributed by atoms with E-state index >= 15 is 0 Å². The van der Waals surface area contributed by atoms with Crippen LogP contribution in [-0.4, -0.2) is 29.7 Å². The second-order valence-electron chi connectivity index (χ2n) is 5.40. The molecule has 1 fully saturated rings. The van der Waals surface area contributed by atoms with Gasteiger partial charge in [0.05, 0.1) is 0 Å². The highest BCUT2D eigenvalue weighted by atomic mass is 16.3. The summed E-state index contributed by atoms with van der Waals surface area (Å²) in [6.45, 7) is 5.94. The summed E-state index contributed by atoms with van der Waals surface area (Å²) in [5, 5.41) is 9.08. The maximum absolute atomic E-state index is 9.08. The van der Waals surface area contributed by atoms with Crippen LogP contribution in [0.1, 0.15) is 25.3 Å². The lowest BCUT2D eigenvalue weighted by Crippen LogP contribution is -2.20. The van der Waals surface area contributed by atoms with Crippen LogP contribution >= 0.6 is 0 Å². The molecule has 2 nitrogen and oxygen atoms in total. The number of aliphatic hydroxyl groups is 1. The largest absolute Gasteiger partial charge is 0.396 e. The van der Waals surface area contributed by atoms with E-state index in [1.165, 1.54) is 31.5 Å². The summed E-state index contributed by atoms with van der Waals surface area (Å²) in [6, 6.07) is 10.7. The van der Waals surface area contributed by atoms with E-state index in [0.29, 0.717) is 12.5 Å². The van der Waals surface area contributed by atoms with Crippen LogP contribution in [0.25, 0.3) is 0 Å². The zero-order valence-corrected chi connectivity index (χ0v) is 10.7. The maximum atomic E-state index is 9.08. The van der Waals surface area contributed by atoms with Gasteiger partial charge in [0.15, 0.2) is 0 Å². The molecule has 0 radical (unpaired) electrons. The molecule has 0 amide bonds. The van der Waals surface area contributed by atoms with Gasteiger partial charge in [-0.2, -0.15) is 0 Å². The predicted molar refractivity (Wildman–Crippen MR) is 70.7 cm³/mol. The molecule has 1 heterocycles. The first-order valence-corrected chi connectivity index (χ1v) is 6.65. The first-order valence-electron chi connectivity index (χ1n) is 6.65. The van der Waals surface area contributed by atoms with E-state index in [1.54, 1.807) is 0 Å². The molecule has 0 aromatic heterocycles. The molecule has 2 atom stereocenters. The van der Waals surface area contributed by atoms with E-state index in [0.717, 1.165) is 12.5 Å². The predicted octanol–water partition coefficient (Wildman–Crippen LogP) is 2.53. The van der Waals surface area contributed by atoms with Gasteiger partial charge in [0.1, 0.15) is 0 Å². The van der Waals surface area contributed by atoms with Crippen LogP contribution in [0.4, 0.5) is 0 Å². The van der Waals surface area contributed by atoms with Gasteiger partial charge in [0.25, 0.3) is 0 Å². The Morgan fingerprint density at radius 1 is 1.35 bits per heavy atom. The van der Waals surface area contributed by atoms with Gasteiger partial charge in [-0.3, -0.25) is 4.90 Å². The van der Waals surface area contributed by atoms with Crippen LogP contribution in [0.3, 0.4) is 0 Å². The van der Waals surface area contributed by atoms with Gasteiger partial charge in [-0.15, -0.1) is 0 Å². The summed E-state index contributed by atoms with van der Waals surface area (Å²) in [5.41, 5.74) is 1.41. The summed E-state index contributed by atoms with van der Waals surface area (Å²) in [5.74, 6) is 1.23. The van der Waals surface area contributed by atoms with Gasteiger partial charge in [0.2, 0.25) is 0 Å². The molecule has 94 valence electrons. The maximum Gasteiger partial charge on any atom is 0.0456 e. The monoisotopic (exact) mass is 233 g/mol. The Morgan fingerprint density at radius 3 is 2.82 bits per heavy atom. The summed E-state index contributed by atoms with van der Waals surface area (Å²) >= 11 is 0. The SMILES string of the molecule is CC(CO)CC1CCN(Cc2ccccc2)C1. The zero-order chi connectivity index (χ0) is 12.1. The molecule has 1 aliphatic heterocycles. The van der Waals surface area contributed by atoms with Crippen LogP contribution in [0.5, 0.6) is 0 Å². The van der Waals surface area contributed by atoms with E-state index in [9.17, 15) is 0 Å². The number of likely N-dealkylation sites (tertiary alicyclic amines) is 1. The van der Waals surface area contributed by atoms with Gasteiger partial charge < -0.3 is 5.11 Å². The number of nitrogens with zero attached hydrogens (tertiary/aromatic N) is 1. The van der Waals surface area contributed by atoms with E-state index in [2.05, 4.69) is 42.2 Å². The van der Waals surface area contributed by atoms with E-state index in [4.69, 9.17) is 5.11 Å². The molecule has 1 aromatic rings. The van der Waals surface area contributed by atoms with Gasteiger partial charge in [-0.05, 0) is 36.8 Å². The van der Waals surface area contributed by atoms with Crippen LogP contribution in [0.2, 0.25) is 0 Å². The molecule has 17 heavy (non-hydrogen) atoms. The number of aliphatic hydroxyl groups excluding tert-OH is 1. The highest BCUT2D eigenvalue weighted by molar-refractivity contribution is 5.14. The lowest BCUT2D eigenvalue weighted by Gasteiger charge is -2.17. The van der Waals surface area contributed by atoms with E-state index in [-0.39, 0.29) is 0 Å². The first-order chi connectivity index (χ1) is 8.28. The fourth-order valence-electron chi connectivity index (χ4n) is 2.73. The minimum absolute atomic E-state index is 0.329. The molecule has 2 unspecified atom stereocenters. The summed E-state index contributed by atoms with van der Waals surface area (Å²) in [4.78, 5) is 2.53. The zero-order valence-electron chi connectivity index (χ0n) is 10.7. The quantitative estimate of drug-likeness (QED) is 0.844. The average molecular weight is 233 g/mol. The minimum atomic E-state index is 0.329. The molecule has 1 saturated heterocycles. The van der Waals surface area contributed by atoms with Gasteiger partial charge >= 0.3 is 0 Å². The molecule has 0 bridgehead atoms. The second-order valence-corrected chi connectivity index (χ2v) is 5.40. The Bertz CT molecular complexity index is 325. The van der Waals surface area contributed by atoms with Crippen molar-refractivity contribution in [3.05, 3.63) is 35.9 Å². The standard InChI is InChI=1S/C15H23NO/c1-13(12-17)9-15-7-8-16(11-15)10-14-5-3-2-4-6-14/h2-6,13,15,17H,7-12H2,1H3. The van der Waals surface area contributed by atoms with Crippen molar-refractivity contribution in [2.75, 3.05) is 19.7 Å². The van der Waals surface area contributed by atoms with Gasteiger partial charge in [-0.1, -0.05) is 37.3 Å². The molecular weight excluding hydrogens is 210 g/mol. The molecule has 2 rings (SSSR count). The molecule has 1 aromatic carbocycles. The van der Waals surface area contributed by atoms with Crippen molar-refractivity contribution in [3.63, 3.8) is 0 Å². The summed E-state index contributed by atoms with van der Waals surface area (Å²) in [6.07, 6.45) is 2.46. The summed E-state index contributed by atoms with van der Waals surface area (Å²) < 4.78 is 0. The molecule has 0 spiro atoms.